The molecule has 266 valence electrons. The number of phenolic OH excluding ortho intramolecular Hbond substituents is 2. The van der Waals surface area contributed by atoms with Crippen molar-refractivity contribution in [3.63, 3.8) is 0 Å². The highest BCUT2D eigenvalue weighted by atomic mass is 35.5. The minimum Gasteiger partial charge on any atom is -0.504 e. The van der Waals surface area contributed by atoms with Crippen LogP contribution in [0.25, 0.3) is 0 Å². The first-order valence-corrected chi connectivity index (χ1v) is 16.8. The summed E-state index contributed by atoms with van der Waals surface area (Å²) in [6.45, 7) is 0.774. The van der Waals surface area contributed by atoms with Gasteiger partial charge < -0.3 is 35.9 Å². The molecule has 0 aliphatic carbocycles. The lowest BCUT2D eigenvalue weighted by Gasteiger charge is -2.40. The number of hydrogen-bond acceptors (Lipinski definition) is 15. The molecular weight excluding hydrogens is 726 g/mol. The van der Waals surface area contributed by atoms with E-state index in [1.165, 1.54) is 10.3 Å². The van der Waals surface area contributed by atoms with Crippen molar-refractivity contribution in [1.29, 1.82) is 0 Å². The number of aromatic nitrogens is 1. The fourth-order valence-corrected chi connectivity index (χ4v) is 7.97. The number of phenols is 2. The van der Waals surface area contributed by atoms with Gasteiger partial charge in [0.15, 0.2) is 28.1 Å². The van der Waals surface area contributed by atoms with Crippen molar-refractivity contribution in [3.05, 3.63) is 33.8 Å². The summed E-state index contributed by atoms with van der Waals surface area (Å²) in [5, 5.41) is 43.6. The predicted molar refractivity (Wildman–Crippen MR) is 173 cm³/mol. The Hall–Kier alpha value is -5.15. The molecule has 3 saturated heterocycles. The number of nitrogens with two attached hydrogens (primary N) is 1. The Morgan fingerprint density at radius 3 is 2.54 bits per heavy atom. The van der Waals surface area contributed by atoms with Crippen molar-refractivity contribution in [1.82, 2.24) is 25.2 Å². The fourth-order valence-electron chi connectivity index (χ4n) is 5.48. The molecule has 0 spiro atoms. The van der Waals surface area contributed by atoms with Crippen LogP contribution in [0.4, 0.5) is 9.93 Å². The summed E-state index contributed by atoms with van der Waals surface area (Å²) in [5.41, 5.74) is 6.95. The van der Waals surface area contributed by atoms with Gasteiger partial charge in [0.25, 0.3) is 5.78 Å². The summed E-state index contributed by atoms with van der Waals surface area (Å²) in [6.07, 6.45) is -1.31. The second kappa shape index (κ2) is 14.0. The number of hydrazine groups is 1. The van der Waals surface area contributed by atoms with Gasteiger partial charge in [-0.05, 0) is 18.6 Å². The van der Waals surface area contributed by atoms with Gasteiger partial charge in [0, 0.05) is 18.3 Å². The van der Waals surface area contributed by atoms with Gasteiger partial charge >= 0.3 is 23.9 Å². The molecule has 2 aromatic rings. The third-order valence-corrected chi connectivity index (χ3v) is 10.8. The number of rotatable bonds is 14. The number of ketones is 2. The molecule has 22 heteroatoms. The predicted octanol–water partition coefficient (Wildman–Crippen LogP) is 0.687. The van der Waals surface area contributed by atoms with Crippen LogP contribution in [0.15, 0.2) is 22.7 Å². The number of anilines is 1. The number of nitrogen functional groups attached to an aromatic ring is 1. The van der Waals surface area contributed by atoms with Crippen molar-refractivity contribution < 1.29 is 58.8 Å². The highest BCUT2D eigenvalue weighted by Gasteiger charge is 2.66. The minimum absolute atomic E-state index is 0.00603. The van der Waals surface area contributed by atoms with Crippen molar-refractivity contribution in [2.24, 2.45) is 11.1 Å². The van der Waals surface area contributed by atoms with Crippen LogP contribution in [0, 0.1) is 5.92 Å². The molecule has 1 unspecified atom stereocenters. The third kappa shape index (κ3) is 6.45. The lowest BCUT2D eigenvalue weighted by molar-refractivity contribution is -0.154. The number of oxime groups is 1. The Morgan fingerprint density at radius 2 is 1.92 bits per heavy atom. The van der Waals surface area contributed by atoms with Crippen molar-refractivity contribution in [2.75, 3.05) is 25.4 Å². The van der Waals surface area contributed by atoms with Crippen LogP contribution in [-0.4, -0.2) is 123 Å². The summed E-state index contributed by atoms with van der Waals surface area (Å²) in [6, 6.07) is 0.918. The number of halogens is 1. The summed E-state index contributed by atoms with van der Waals surface area (Å²) >= 11 is 7.60. The number of amides is 4. The average molecular weight is 754 g/mol. The van der Waals surface area contributed by atoms with Gasteiger partial charge in [0.2, 0.25) is 16.9 Å². The van der Waals surface area contributed by atoms with E-state index in [0.29, 0.717) is 11.4 Å². The Labute approximate surface area is 294 Å². The Morgan fingerprint density at radius 1 is 1.20 bits per heavy atom. The molecule has 4 atom stereocenters. The van der Waals surface area contributed by atoms with E-state index < -0.39 is 98.7 Å². The molecule has 5 rings (SSSR count). The number of hydrogen-bond donors (Lipinski definition) is 6. The second-order valence-corrected chi connectivity index (χ2v) is 13.8. The number of benzene rings is 1. The molecule has 4 heterocycles. The first-order chi connectivity index (χ1) is 23.6. The van der Waals surface area contributed by atoms with Crippen LogP contribution >= 0.6 is 34.7 Å². The van der Waals surface area contributed by atoms with Gasteiger partial charge in [-0.15, -0.1) is 11.3 Å². The normalized spacial score (nSPS) is 22.2. The molecule has 7 N–H and O–H groups in total. The molecule has 1 aromatic heterocycles. The van der Waals surface area contributed by atoms with Gasteiger partial charge in [-0.3, -0.25) is 29.5 Å². The van der Waals surface area contributed by atoms with Crippen LogP contribution in [0.2, 0.25) is 5.02 Å². The molecular formula is C28H28ClN7O12S2. The van der Waals surface area contributed by atoms with E-state index >= 15 is 0 Å². The molecule has 1 aromatic carbocycles. The molecule has 4 amide bonds. The SMILES string of the molecule is CCCC(O/N=C(\C(=O)C[C@@H]1C(=O)N2C[C@@](C(=O)O)(N3CCN(NC(=O)C(=O)c4ccc(O)c(O)c4Cl)C3=O)S[C@H]12)c1csc(N)n1)C(=O)O. The van der Waals surface area contributed by atoms with E-state index in [1.807, 2.05) is 0 Å². The van der Waals surface area contributed by atoms with Gasteiger partial charge in [0.05, 0.1) is 35.0 Å². The molecule has 0 saturated carbocycles. The zero-order valence-electron chi connectivity index (χ0n) is 25.8. The number of aliphatic carboxylic acids is 2. The minimum atomic E-state index is -2.04. The summed E-state index contributed by atoms with van der Waals surface area (Å²) in [5.74, 6) is -9.26. The number of carbonyl (C=O) groups excluding carboxylic acids is 5. The van der Waals surface area contributed by atoms with E-state index in [4.69, 9.17) is 22.2 Å². The number of carbonyl (C=O) groups is 7. The van der Waals surface area contributed by atoms with Crippen LogP contribution in [0.5, 0.6) is 11.5 Å². The lowest BCUT2D eigenvalue weighted by atomic mass is 9.90. The fraction of sp³-hybridized carbons (Fsp3) is 0.393. The highest BCUT2D eigenvalue weighted by molar-refractivity contribution is 8.02. The van der Waals surface area contributed by atoms with E-state index in [0.717, 1.165) is 40.1 Å². The first-order valence-electron chi connectivity index (χ1n) is 14.7. The van der Waals surface area contributed by atoms with E-state index in [-0.39, 0.29) is 36.0 Å². The molecule has 3 aliphatic rings. The molecule has 0 radical (unpaired) electrons. The van der Waals surface area contributed by atoms with Crippen LogP contribution < -0.4 is 11.2 Å². The maximum Gasteiger partial charge on any atom is 0.347 e. The zero-order chi connectivity index (χ0) is 36.7. The number of urea groups is 1. The number of nitrogens with zero attached hydrogens (tertiary/aromatic N) is 5. The van der Waals surface area contributed by atoms with Gasteiger partial charge in [-0.1, -0.05) is 41.9 Å². The Bertz CT molecular complexity index is 1840. The zero-order valence-corrected chi connectivity index (χ0v) is 28.2. The van der Waals surface area contributed by atoms with Gasteiger partial charge in [-0.2, -0.15) is 0 Å². The number of aromatic hydroxyl groups is 2. The number of β-lactam (4-membered cyclic amide) rings is 1. The quantitative estimate of drug-likeness (QED) is 0.0386. The highest BCUT2D eigenvalue weighted by Crippen LogP contribution is 2.53. The summed E-state index contributed by atoms with van der Waals surface area (Å²) in [4.78, 5) is 99.1. The summed E-state index contributed by atoms with van der Waals surface area (Å²) in [7, 11) is 0. The number of nitrogens with one attached hydrogen (secondary N) is 1. The number of carboxylic acid groups (broad SMARTS) is 2. The van der Waals surface area contributed by atoms with Gasteiger partial charge in [0.1, 0.15) is 5.69 Å². The van der Waals surface area contributed by atoms with Crippen molar-refractivity contribution in [2.45, 2.75) is 42.5 Å². The molecule has 3 fully saturated rings. The maximum absolute atomic E-state index is 13.5. The smallest absolute Gasteiger partial charge is 0.347 e. The standard InChI is InChI=1S/C28H28ClN7O12S2/c1-2-3-16(24(43)44)48-33-18(13-9-49-26(30)31-13)15(38)8-12-22(42)34-10-28(25(45)46,50-23(12)34)35-6-7-36(27(35)47)32-21(41)19(39)11-4-5-14(37)20(40)17(11)29/h4-5,9,12,16,23,37,40H,2-3,6-8,10H2,1H3,(H2,30,31)(H,32,41)(H,43,44)(H,45,46)/b33-18-/t12-,16?,23-,28-/m1/s1. The van der Waals surface area contributed by atoms with Gasteiger partial charge in [-0.25, -0.2) is 24.4 Å². The number of thioether (sulfide) groups is 1. The largest absolute Gasteiger partial charge is 0.504 e. The Kier molecular flexibility index (Phi) is 10.1. The average Bonchev–Trinajstić information content (AvgIpc) is 3.77. The van der Waals surface area contributed by atoms with E-state index in [9.17, 15) is 54.0 Å². The van der Waals surface area contributed by atoms with Crippen LogP contribution in [-0.2, 0) is 28.8 Å². The number of Topliss-reactive ketones (excluding diaryl/α,β-unsaturated/α-hetero) is 2. The van der Waals surface area contributed by atoms with Crippen LogP contribution in [0.1, 0.15) is 42.2 Å². The monoisotopic (exact) mass is 753 g/mol. The van der Waals surface area contributed by atoms with Crippen molar-refractivity contribution in [3.8, 4) is 11.5 Å². The lowest BCUT2D eigenvalue weighted by Crippen LogP contribution is -2.60. The molecule has 3 aliphatic heterocycles. The summed E-state index contributed by atoms with van der Waals surface area (Å²) < 4.78 is 0. The molecule has 0 bridgehead atoms. The van der Waals surface area contributed by atoms with E-state index in [2.05, 4.69) is 15.6 Å². The maximum atomic E-state index is 13.5. The number of carboxylic acids is 2. The molecule has 19 nitrogen and oxygen atoms in total. The van der Waals surface area contributed by atoms with Crippen LogP contribution in [0.3, 0.4) is 0 Å². The van der Waals surface area contributed by atoms with E-state index in [1.54, 1.807) is 6.92 Å². The van der Waals surface area contributed by atoms with Crippen molar-refractivity contribution >= 4 is 86.9 Å². The first kappa shape index (κ1) is 36.1. The number of thiazole rings is 1. The topological polar surface area (TPSA) is 283 Å². The molecule has 50 heavy (non-hydrogen) atoms. The number of fused-ring (bicyclic) bond motifs is 1. The third-order valence-electron chi connectivity index (χ3n) is 8.05. The second-order valence-electron chi connectivity index (χ2n) is 11.2. The Balaban J connectivity index is 1.30.